The lowest BCUT2D eigenvalue weighted by Gasteiger charge is -2.14. The fourth-order valence-corrected chi connectivity index (χ4v) is 1.45. The normalized spacial score (nSPS) is 13.3. The van der Waals surface area contributed by atoms with Gasteiger partial charge in [0.25, 0.3) is 5.91 Å². The molecule has 0 saturated heterocycles. The van der Waals surface area contributed by atoms with Gasteiger partial charge < -0.3 is 10.4 Å². The van der Waals surface area contributed by atoms with E-state index in [9.17, 15) is 18.4 Å². The number of carboxylic acid groups (broad SMARTS) is 1. The van der Waals surface area contributed by atoms with E-state index in [2.05, 4.69) is 10.2 Å². The van der Waals surface area contributed by atoms with Crippen LogP contribution in [-0.2, 0) is 10.2 Å². The molecule has 0 bridgehead atoms. The van der Waals surface area contributed by atoms with Crippen molar-refractivity contribution >= 4 is 11.9 Å². The maximum absolute atomic E-state index is 12.2. The zero-order valence-corrected chi connectivity index (χ0v) is 11.4. The molecule has 1 aromatic rings. The van der Waals surface area contributed by atoms with Gasteiger partial charge in [-0.1, -0.05) is 20.8 Å². The first kappa shape index (κ1) is 16.1. The third kappa shape index (κ3) is 4.29. The first-order valence-corrected chi connectivity index (χ1v) is 5.99. The van der Waals surface area contributed by atoms with Crippen molar-refractivity contribution in [2.45, 2.75) is 45.1 Å². The number of aromatic amines is 1. The highest BCUT2D eigenvalue weighted by Crippen LogP contribution is 2.20. The molecule has 1 rings (SSSR count). The van der Waals surface area contributed by atoms with E-state index in [0.717, 1.165) is 0 Å². The van der Waals surface area contributed by atoms with Crippen LogP contribution in [0.2, 0.25) is 0 Å². The number of hydrogen-bond donors (Lipinski definition) is 3. The van der Waals surface area contributed by atoms with Gasteiger partial charge in [0.2, 0.25) is 6.43 Å². The number of carbonyl (C=O) groups is 2. The molecule has 20 heavy (non-hydrogen) atoms. The van der Waals surface area contributed by atoms with Crippen molar-refractivity contribution in [1.82, 2.24) is 15.5 Å². The summed E-state index contributed by atoms with van der Waals surface area (Å²) in [4.78, 5) is 22.6. The first-order valence-electron chi connectivity index (χ1n) is 5.99. The number of H-pyrrole nitrogens is 1. The van der Waals surface area contributed by atoms with Crippen molar-refractivity contribution < 1.29 is 23.5 Å². The molecule has 0 aliphatic heterocycles. The number of amides is 1. The van der Waals surface area contributed by atoms with Crippen LogP contribution in [-0.4, -0.2) is 39.6 Å². The smallest absolute Gasteiger partial charge is 0.326 e. The molecular weight excluding hydrogens is 272 g/mol. The van der Waals surface area contributed by atoms with E-state index < -0.39 is 30.8 Å². The molecule has 1 amide bonds. The van der Waals surface area contributed by atoms with Crippen LogP contribution in [0, 0.1) is 0 Å². The Balaban J connectivity index is 2.79. The predicted octanol–water partition coefficient (Wildman–Crippen LogP) is 1.55. The zero-order chi connectivity index (χ0) is 15.5. The average Bonchev–Trinajstić information content (AvgIpc) is 2.75. The Morgan fingerprint density at radius 3 is 2.45 bits per heavy atom. The summed E-state index contributed by atoms with van der Waals surface area (Å²) in [5.41, 5.74) is 0.388. The number of carbonyl (C=O) groups excluding carboxylic acids is 1. The number of rotatable bonds is 5. The highest BCUT2D eigenvalue weighted by atomic mass is 19.3. The monoisotopic (exact) mass is 289 g/mol. The summed E-state index contributed by atoms with van der Waals surface area (Å²) in [6, 6.07) is -0.173. The van der Waals surface area contributed by atoms with Gasteiger partial charge in [0.15, 0.2) is 0 Å². The fraction of sp³-hybridized carbons (Fsp3) is 0.583. The number of carboxylic acids is 1. The van der Waals surface area contributed by atoms with Gasteiger partial charge in [0, 0.05) is 17.5 Å². The Kier molecular flexibility index (Phi) is 4.80. The fourth-order valence-electron chi connectivity index (χ4n) is 1.45. The lowest BCUT2D eigenvalue weighted by atomic mass is 9.92. The molecule has 0 aliphatic rings. The highest BCUT2D eigenvalue weighted by Gasteiger charge is 2.26. The van der Waals surface area contributed by atoms with E-state index in [1.807, 2.05) is 26.1 Å². The summed E-state index contributed by atoms with van der Waals surface area (Å²) < 4.78 is 24.4. The van der Waals surface area contributed by atoms with E-state index in [4.69, 9.17) is 5.11 Å². The Labute approximate surface area is 114 Å². The molecule has 0 aromatic carbocycles. The summed E-state index contributed by atoms with van der Waals surface area (Å²) in [7, 11) is 0. The van der Waals surface area contributed by atoms with Gasteiger partial charge in [-0.25, -0.2) is 13.6 Å². The van der Waals surface area contributed by atoms with Gasteiger partial charge in [-0.3, -0.25) is 9.89 Å². The van der Waals surface area contributed by atoms with E-state index in [-0.39, 0.29) is 11.1 Å². The second-order valence-corrected chi connectivity index (χ2v) is 5.41. The third-order valence-electron chi connectivity index (χ3n) is 2.64. The number of nitrogens with one attached hydrogen (secondary N) is 2. The second-order valence-electron chi connectivity index (χ2n) is 5.41. The maximum Gasteiger partial charge on any atom is 0.326 e. The molecule has 8 heteroatoms. The number of aromatic nitrogens is 2. The van der Waals surface area contributed by atoms with Crippen LogP contribution >= 0.6 is 0 Å². The summed E-state index contributed by atoms with van der Waals surface area (Å²) >= 11 is 0. The average molecular weight is 289 g/mol. The van der Waals surface area contributed by atoms with E-state index >= 15 is 0 Å². The molecule has 1 heterocycles. The number of alkyl halides is 2. The molecule has 0 saturated carbocycles. The quantitative estimate of drug-likeness (QED) is 0.766. The Morgan fingerprint density at radius 2 is 2.05 bits per heavy atom. The van der Waals surface area contributed by atoms with Gasteiger partial charge in [-0.2, -0.15) is 5.10 Å². The minimum Gasteiger partial charge on any atom is -0.480 e. The maximum atomic E-state index is 12.2. The van der Waals surface area contributed by atoms with Crippen molar-refractivity contribution in [2.75, 3.05) is 0 Å². The Bertz CT molecular complexity index is 494. The van der Waals surface area contributed by atoms with Crippen LogP contribution in [0.1, 0.15) is 43.4 Å². The number of nitrogens with zero attached hydrogens (tertiary/aromatic N) is 1. The van der Waals surface area contributed by atoms with Crippen molar-refractivity contribution in [3.8, 4) is 0 Å². The topological polar surface area (TPSA) is 95.1 Å². The molecule has 0 aliphatic carbocycles. The number of hydrogen-bond acceptors (Lipinski definition) is 3. The van der Waals surface area contributed by atoms with Crippen molar-refractivity contribution in [2.24, 2.45) is 0 Å². The van der Waals surface area contributed by atoms with Gasteiger partial charge in [-0.05, 0) is 6.07 Å². The lowest BCUT2D eigenvalue weighted by Crippen LogP contribution is -2.42. The number of aliphatic carboxylic acids is 1. The molecule has 1 unspecified atom stereocenters. The van der Waals surface area contributed by atoms with E-state index in [1.54, 1.807) is 0 Å². The summed E-state index contributed by atoms with van der Waals surface area (Å²) in [6.45, 7) is 5.71. The predicted molar refractivity (Wildman–Crippen MR) is 66.8 cm³/mol. The Morgan fingerprint density at radius 1 is 1.45 bits per heavy atom. The molecule has 6 nitrogen and oxygen atoms in total. The molecule has 0 fully saturated rings. The minimum atomic E-state index is -2.82. The SMILES string of the molecule is CC(C)(C)c1cc(C(=O)NC(CC(F)F)C(=O)O)n[nH]1. The van der Waals surface area contributed by atoms with Gasteiger partial charge in [0.05, 0.1) is 0 Å². The van der Waals surface area contributed by atoms with Crippen LogP contribution in [0.15, 0.2) is 6.07 Å². The van der Waals surface area contributed by atoms with Gasteiger partial charge in [-0.15, -0.1) is 0 Å². The minimum absolute atomic E-state index is 0.0320. The van der Waals surface area contributed by atoms with Crippen molar-refractivity contribution in [3.05, 3.63) is 17.5 Å². The van der Waals surface area contributed by atoms with Crippen molar-refractivity contribution in [1.29, 1.82) is 0 Å². The first-order chi connectivity index (χ1) is 9.11. The number of halogens is 2. The largest absolute Gasteiger partial charge is 0.480 e. The van der Waals surface area contributed by atoms with Crippen LogP contribution in [0.3, 0.4) is 0 Å². The third-order valence-corrected chi connectivity index (χ3v) is 2.64. The zero-order valence-electron chi connectivity index (χ0n) is 11.4. The van der Waals surface area contributed by atoms with Gasteiger partial charge in [0.1, 0.15) is 11.7 Å². The standard InChI is InChI=1S/C12H17F2N3O3/c1-12(2,3)8-4-6(16-17-8)10(18)15-7(11(19)20)5-9(13)14/h4,7,9H,5H2,1-3H3,(H,15,18)(H,16,17)(H,19,20). The lowest BCUT2D eigenvalue weighted by molar-refractivity contribution is -0.140. The van der Waals surface area contributed by atoms with E-state index in [1.165, 1.54) is 6.07 Å². The van der Waals surface area contributed by atoms with Crippen LogP contribution in [0.4, 0.5) is 8.78 Å². The van der Waals surface area contributed by atoms with Crippen LogP contribution in [0.25, 0.3) is 0 Å². The molecule has 0 spiro atoms. The summed E-state index contributed by atoms with van der Waals surface area (Å²) in [5, 5.41) is 17.2. The molecular formula is C12H17F2N3O3. The van der Waals surface area contributed by atoms with E-state index in [0.29, 0.717) is 5.69 Å². The highest BCUT2D eigenvalue weighted by molar-refractivity contribution is 5.95. The van der Waals surface area contributed by atoms with Gasteiger partial charge >= 0.3 is 5.97 Å². The van der Waals surface area contributed by atoms with Crippen LogP contribution in [0.5, 0.6) is 0 Å². The summed E-state index contributed by atoms with van der Waals surface area (Å²) in [6.07, 6.45) is -3.77. The summed E-state index contributed by atoms with van der Waals surface area (Å²) in [5.74, 6) is -2.31. The molecule has 1 aromatic heterocycles. The molecule has 0 radical (unpaired) electrons. The second kappa shape index (κ2) is 5.98. The van der Waals surface area contributed by atoms with Crippen molar-refractivity contribution in [3.63, 3.8) is 0 Å². The molecule has 1 atom stereocenters. The molecule has 3 N–H and O–H groups in total. The Hall–Kier alpha value is -1.99. The molecule has 112 valence electrons. The van der Waals surface area contributed by atoms with Crippen LogP contribution < -0.4 is 5.32 Å².